The summed E-state index contributed by atoms with van der Waals surface area (Å²) >= 11 is 0. The fourth-order valence-electron chi connectivity index (χ4n) is 3.39. The van der Waals surface area contributed by atoms with Gasteiger partial charge in [0.15, 0.2) is 0 Å². The van der Waals surface area contributed by atoms with E-state index < -0.39 is 0 Å². The highest BCUT2D eigenvalue weighted by Crippen LogP contribution is 2.48. The third-order valence-electron chi connectivity index (χ3n) is 4.41. The number of hydrogen-bond acceptors (Lipinski definition) is 2. The summed E-state index contributed by atoms with van der Waals surface area (Å²) in [6, 6.07) is 26.4. The Morgan fingerprint density at radius 3 is 1.65 bits per heavy atom. The molecule has 0 amide bonds. The highest BCUT2D eigenvalue weighted by atomic mass is 14.3. The van der Waals surface area contributed by atoms with Crippen LogP contribution in [0.3, 0.4) is 0 Å². The molecule has 23 heavy (non-hydrogen) atoms. The molecule has 0 heterocycles. The summed E-state index contributed by atoms with van der Waals surface area (Å²) in [6.45, 7) is 0. The van der Waals surface area contributed by atoms with Crippen molar-refractivity contribution >= 4 is 0 Å². The molecule has 0 aromatic heterocycles. The normalized spacial score (nSPS) is 12.1. The molecule has 3 aromatic rings. The Morgan fingerprint density at radius 2 is 1.17 bits per heavy atom. The van der Waals surface area contributed by atoms with Crippen LogP contribution in [0.1, 0.15) is 33.7 Å². The number of rotatable bonds is 1. The van der Waals surface area contributed by atoms with Gasteiger partial charge < -0.3 is 0 Å². The third-order valence-corrected chi connectivity index (χ3v) is 4.41. The minimum absolute atomic E-state index is 0.154. The molecule has 4 rings (SSSR count). The van der Waals surface area contributed by atoms with E-state index in [4.69, 9.17) is 0 Å². The predicted octanol–water partition coefficient (Wildman–Crippen LogP) is 4.59. The number of benzene rings is 3. The van der Waals surface area contributed by atoms with Crippen molar-refractivity contribution in [3.63, 3.8) is 0 Å². The lowest BCUT2D eigenvalue weighted by atomic mass is 9.89. The molecule has 1 aliphatic carbocycles. The molecule has 0 saturated heterocycles. The molecule has 106 valence electrons. The van der Waals surface area contributed by atoms with Crippen molar-refractivity contribution in [1.82, 2.24) is 0 Å². The minimum atomic E-state index is 0.154. The summed E-state index contributed by atoms with van der Waals surface area (Å²) in [5, 5.41) is 18.4. The van der Waals surface area contributed by atoms with Gasteiger partial charge in [0.25, 0.3) is 0 Å². The second-order valence-corrected chi connectivity index (χ2v) is 5.67. The second kappa shape index (κ2) is 5.13. The van der Waals surface area contributed by atoms with E-state index in [1.807, 2.05) is 54.6 Å². The Hall–Kier alpha value is -3.36. The summed E-state index contributed by atoms with van der Waals surface area (Å²) in [7, 11) is 0. The van der Waals surface area contributed by atoms with Crippen LogP contribution in [0.15, 0.2) is 66.7 Å². The Labute approximate surface area is 134 Å². The summed E-state index contributed by atoms with van der Waals surface area (Å²) in [5.74, 6) is 0.154. The van der Waals surface area contributed by atoms with Gasteiger partial charge in [-0.3, -0.25) is 0 Å². The van der Waals surface area contributed by atoms with Gasteiger partial charge in [0.05, 0.1) is 23.3 Å². The van der Waals surface area contributed by atoms with Crippen LogP contribution in [-0.2, 0) is 0 Å². The number of nitriles is 2. The summed E-state index contributed by atoms with van der Waals surface area (Å²) in [6.07, 6.45) is 0. The molecule has 0 saturated carbocycles. The summed E-state index contributed by atoms with van der Waals surface area (Å²) in [4.78, 5) is 0. The van der Waals surface area contributed by atoms with Crippen LogP contribution in [-0.4, -0.2) is 0 Å². The maximum absolute atomic E-state index is 9.20. The molecule has 2 nitrogen and oxygen atoms in total. The van der Waals surface area contributed by atoms with E-state index in [0.717, 1.165) is 11.1 Å². The highest BCUT2D eigenvalue weighted by molar-refractivity contribution is 5.82. The highest BCUT2D eigenvalue weighted by Gasteiger charge is 2.30. The van der Waals surface area contributed by atoms with E-state index in [9.17, 15) is 10.5 Å². The SMILES string of the molecule is N#Cc1ccc2c(c1)-c1cc(C#N)ccc1C2c1ccccc1. The van der Waals surface area contributed by atoms with Crippen molar-refractivity contribution in [2.24, 2.45) is 0 Å². The monoisotopic (exact) mass is 292 g/mol. The van der Waals surface area contributed by atoms with Crippen molar-refractivity contribution in [2.75, 3.05) is 0 Å². The predicted molar refractivity (Wildman–Crippen MR) is 88.7 cm³/mol. The van der Waals surface area contributed by atoms with Crippen LogP contribution in [0.25, 0.3) is 11.1 Å². The van der Waals surface area contributed by atoms with Crippen molar-refractivity contribution < 1.29 is 0 Å². The quantitative estimate of drug-likeness (QED) is 0.515. The van der Waals surface area contributed by atoms with E-state index in [1.165, 1.54) is 16.7 Å². The molecule has 0 N–H and O–H groups in total. The minimum Gasteiger partial charge on any atom is -0.192 e. The molecule has 0 spiro atoms. The summed E-state index contributed by atoms with van der Waals surface area (Å²) < 4.78 is 0. The average molecular weight is 292 g/mol. The van der Waals surface area contributed by atoms with Crippen molar-refractivity contribution in [3.05, 3.63) is 94.5 Å². The molecular weight excluding hydrogens is 280 g/mol. The van der Waals surface area contributed by atoms with E-state index in [1.54, 1.807) is 0 Å². The molecule has 0 aliphatic heterocycles. The van der Waals surface area contributed by atoms with Crippen LogP contribution in [0.4, 0.5) is 0 Å². The lowest BCUT2D eigenvalue weighted by molar-refractivity contribution is 1.01. The van der Waals surface area contributed by atoms with Gasteiger partial charge in [-0.25, -0.2) is 0 Å². The lowest BCUT2D eigenvalue weighted by Gasteiger charge is -2.14. The first kappa shape index (κ1) is 13.3. The molecule has 0 atom stereocenters. The van der Waals surface area contributed by atoms with Gasteiger partial charge in [0.1, 0.15) is 0 Å². The van der Waals surface area contributed by atoms with Crippen LogP contribution in [0.2, 0.25) is 0 Å². The molecule has 1 aliphatic rings. The zero-order valence-electron chi connectivity index (χ0n) is 12.3. The average Bonchev–Trinajstić information content (AvgIpc) is 2.95. The topological polar surface area (TPSA) is 47.6 Å². The van der Waals surface area contributed by atoms with Crippen molar-refractivity contribution in [2.45, 2.75) is 5.92 Å². The first-order chi connectivity index (χ1) is 11.3. The van der Waals surface area contributed by atoms with Gasteiger partial charge >= 0.3 is 0 Å². The van der Waals surface area contributed by atoms with Crippen LogP contribution in [0.5, 0.6) is 0 Å². The van der Waals surface area contributed by atoms with E-state index >= 15 is 0 Å². The largest absolute Gasteiger partial charge is 0.192 e. The van der Waals surface area contributed by atoms with Gasteiger partial charge in [-0.2, -0.15) is 10.5 Å². The molecule has 0 fully saturated rings. The molecule has 2 heteroatoms. The molecule has 0 unspecified atom stereocenters. The van der Waals surface area contributed by atoms with Crippen LogP contribution >= 0.6 is 0 Å². The Bertz CT molecular complexity index is 925. The number of fused-ring (bicyclic) bond motifs is 3. The zero-order valence-corrected chi connectivity index (χ0v) is 12.3. The van der Waals surface area contributed by atoms with E-state index in [0.29, 0.717) is 11.1 Å². The van der Waals surface area contributed by atoms with Gasteiger partial charge in [0.2, 0.25) is 0 Å². The van der Waals surface area contributed by atoms with Gasteiger partial charge in [-0.05, 0) is 52.1 Å². The fourth-order valence-corrected chi connectivity index (χ4v) is 3.39. The Balaban J connectivity index is 2.02. The second-order valence-electron chi connectivity index (χ2n) is 5.67. The molecule has 0 bridgehead atoms. The molecule has 0 radical (unpaired) electrons. The fraction of sp³-hybridized carbons (Fsp3) is 0.0476. The maximum Gasteiger partial charge on any atom is 0.0991 e. The van der Waals surface area contributed by atoms with Gasteiger partial charge in [-0.1, -0.05) is 42.5 Å². The van der Waals surface area contributed by atoms with Gasteiger partial charge in [-0.15, -0.1) is 0 Å². The van der Waals surface area contributed by atoms with Crippen LogP contribution < -0.4 is 0 Å². The zero-order chi connectivity index (χ0) is 15.8. The Morgan fingerprint density at radius 1 is 0.652 bits per heavy atom. The molecule has 3 aromatic carbocycles. The van der Waals surface area contributed by atoms with Crippen LogP contribution in [0, 0.1) is 22.7 Å². The van der Waals surface area contributed by atoms with Crippen molar-refractivity contribution in [3.8, 4) is 23.3 Å². The maximum atomic E-state index is 9.20. The summed E-state index contributed by atoms with van der Waals surface area (Å²) in [5.41, 5.74) is 7.02. The first-order valence-corrected chi connectivity index (χ1v) is 7.45. The number of hydrogen-bond donors (Lipinski definition) is 0. The lowest BCUT2D eigenvalue weighted by Crippen LogP contribution is -1.98. The van der Waals surface area contributed by atoms with Gasteiger partial charge in [0, 0.05) is 5.92 Å². The smallest absolute Gasteiger partial charge is 0.0991 e. The van der Waals surface area contributed by atoms with Crippen molar-refractivity contribution in [1.29, 1.82) is 10.5 Å². The number of nitrogens with zero attached hydrogens (tertiary/aromatic N) is 2. The molecular formula is C21H12N2. The standard InChI is InChI=1S/C21H12N2/c22-12-14-6-8-17-19(10-14)20-11-15(13-23)7-9-18(20)21(17)16-4-2-1-3-5-16/h1-11,21H. The third kappa shape index (κ3) is 2.01. The first-order valence-electron chi connectivity index (χ1n) is 7.45. The van der Waals surface area contributed by atoms with E-state index in [2.05, 4.69) is 24.3 Å². The Kier molecular flexibility index (Phi) is 2.97. The van der Waals surface area contributed by atoms with E-state index in [-0.39, 0.29) is 5.92 Å².